The average molecular weight is 397 g/mol. The molecule has 8 nitrogen and oxygen atoms in total. The van der Waals surface area contributed by atoms with Crippen LogP contribution in [0, 0.1) is 0 Å². The van der Waals surface area contributed by atoms with Gasteiger partial charge < -0.3 is 14.5 Å². The summed E-state index contributed by atoms with van der Waals surface area (Å²) >= 11 is 1.13. The second-order valence-electron chi connectivity index (χ2n) is 5.97. The maximum Gasteiger partial charge on any atom is 0.277 e. The summed E-state index contributed by atoms with van der Waals surface area (Å²) in [5.41, 5.74) is 0.749. The van der Waals surface area contributed by atoms with Crippen molar-refractivity contribution in [2.75, 3.05) is 18.6 Å². The normalized spacial score (nSPS) is 19.8. The van der Waals surface area contributed by atoms with Gasteiger partial charge in [-0.2, -0.15) is 0 Å². The molecule has 140 valence electrons. The number of ether oxygens (including phenoxy) is 1. The van der Waals surface area contributed by atoms with Crippen molar-refractivity contribution >= 4 is 27.5 Å². The third kappa shape index (κ3) is 4.55. The van der Waals surface area contributed by atoms with Gasteiger partial charge in [-0.15, -0.1) is 10.2 Å². The van der Waals surface area contributed by atoms with Gasteiger partial charge in [0.05, 0.1) is 23.9 Å². The lowest BCUT2D eigenvalue weighted by molar-refractivity contribution is -0.120. The molecule has 2 atom stereocenters. The summed E-state index contributed by atoms with van der Waals surface area (Å²) in [6.45, 7) is 1.71. The Bertz CT molecular complexity index is 880. The second-order valence-corrected chi connectivity index (χ2v) is 9.49. The second kappa shape index (κ2) is 7.67. The van der Waals surface area contributed by atoms with Crippen LogP contribution in [0.4, 0.5) is 0 Å². The van der Waals surface area contributed by atoms with Crippen molar-refractivity contribution in [3.05, 3.63) is 24.3 Å². The molecule has 1 N–H and O–H groups in total. The van der Waals surface area contributed by atoms with E-state index in [2.05, 4.69) is 15.5 Å². The Kier molecular flexibility index (Phi) is 5.52. The Morgan fingerprint density at radius 2 is 2.08 bits per heavy atom. The Labute approximate surface area is 155 Å². The zero-order chi connectivity index (χ0) is 18.7. The monoisotopic (exact) mass is 397 g/mol. The van der Waals surface area contributed by atoms with E-state index in [4.69, 9.17) is 9.15 Å². The predicted octanol–water partition coefficient (Wildman–Crippen LogP) is 1.53. The zero-order valence-corrected chi connectivity index (χ0v) is 16.0. The Balaban J connectivity index is 1.58. The number of thioether (sulfide) groups is 1. The number of carbonyl (C=O) groups is 1. The smallest absolute Gasteiger partial charge is 0.277 e. The van der Waals surface area contributed by atoms with E-state index in [0.717, 1.165) is 23.1 Å². The van der Waals surface area contributed by atoms with Crippen LogP contribution >= 0.6 is 11.8 Å². The van der Waals surface area contributed by atoms with E-state index in [1.165, 1.54) is 0 Å². The molecule has 0 radical (unpaired) electrons. The molecule has 1 amide bonds. The molecule has 0 unspecified atom stereocenters. The number of benzene rings is 1. The molecule has 1 aliphatic rings. The van der Waals surface area contributed by atoms with Crippen molar-refractivity contribution in [2.24, 2.45) is 0 Å². The van der Waals surface area contributed by atoms with E-state index in [9.17, 15) is 13.2 Å². The van der Waals surface area contributed by atoms with Crippen molar-refractivity contribution in [1.29, 1.82) is 0 Å². The lowest BCUT2D eigenvalue weighted by atomic mass is 10.2. The number of nitrogens with zero attached hydrogens (tertiary/aromatic N) is 2. The number of hydrogen-bond donors (Lipinski definition) is 1. The third-order valence-electron chi connectivity index (χ3n) is 3.97. The van der Waals surface area contributed by atoms with E-state index in [1.807, 2.05) is 0 Å². The highest BCUT2D eigenvalue weighted by Crippen LogP contribution is 2.27. The molecule has 0 spiro atoms. The van der Waals surface area contributed by atoms with Gasteiger partial charge in [-0.1, -0.05) is 11.8 Å². The summed E-state index contributed by atoms with van der Waals surface area (Å²) in [5, 5.41) is 10.5. The highest BCUT2D eigenvalue weighted by atomic mass is 32.2. The number of amides is 1. The molecule has 0 saturated carbocycles. The maximum absolute atomic E-state index is 12.2. The highest BCUT2D eigenvalue weighted by Gasteiger charge is 2.30. The topological polar surface area (TPSA) is 111 Å². The zero-order valence-electron chi connectivity index (χ0n) is 14.3. The van der Waals surface area contributed by atoms with Crippen LogP contribution in [-0.4, -0.2) is 54.4 Å². The van der Waals surface area contributed by atoms with Gasteiger partial charge >= 0.3 is 0 Å². The Morgan fingerprint density at radius 3 is 2.69 bits per heavy atom. The number of sulfone groups is 1. The number of nitrogens with one attached hydrogen (secondary N) is 1. The van der Waals surface area contributed by atoms with Crippen LogP contribution in [0.2, 0.25) is 0 Å². The van der Waals surface area contributed by atoms with E-state index in [1.54, 1.807) is 38.3 Å². The molecular weight excluding hydrogens is 378 g/mol. The molecule has 1 aliphatic heterocycles. The van der Waals surface area contributed by atoms with Gasteiger partial charge in [0.25, 0.3) is 5.22 Å². The molecule has 2 heterocycles. The Hall–Kier alpha value is -2.07. The van der Waals surface area contributed by atoms with Gasteiger partial charge in [0, 0.05) is 11.6 Å². The summed E-state index contributed by atoms with van der Waals surface area (Å²) in [5.74, 6) is 0.945. The molecule has 10 heteroatoms. The largest absolute Gasteiger partial charge is 0.497 e. The quantitative estimate of drug-likeness (QED) is 0.731. The molecule has 1 aromatic carbocycles. The minimum Gasteiger partial charge on any atom is -0.497 e. The molecule has 0 aliphatic carbocycles. The van der Waals surface area contributed by atoms with Crippen LogP contribution in [0.5, 0.6) is 5.75 Å². The molecule has 1 saturated heterocycles. The highest BCUT2D eigenvalue weighted by molar-refractivity contribution is 8.00. The van der Waals surface area contributed by atoms with E-state index < -0.39 is 15.1 Å². The van der Waals surface area contributed by atoms with Gasteiger partial charge in [-0.25, -0.2) is 8.42 Å². The number of hydrogen-bond acceptors (Lipinski definition) is 8. The van der Waals surface area contributed by atoms with Crippen molar-refractivity contribution < 1.29 is 22.4 Å². The van der Waals surface area contributed by atoms with E-state index in [-0.39, 0.29) is 28.7 Å². The first-order valence-electron chi connectivity index (χ1n) is 8.02. The summed E-state index contributed by atoms with van der Waals surface area (Å²) in [6, 6.07) is 6.86. The number of rotatable bonds is 6. The lowest BCUT2D eigenvalue weighted by Crippen LogP contribution is -2.39. The van der Waals surface area contributed by atoms with Crippen LogP contribution < -0.4 is 10.1 Å². The summed E-state index contributed by atoms with van der Waals surface area (Å²) < 4.78 is 33.6. The summed E-state index contributed by atoms with van der Waals surface area (Å²) in [7, 11) is -1.44. The van der Waals surface area contributed by atoms with Gasteiger partial charge in [0.15, 0.2) is 9.84 Å². The first kappa shape index (κ1) is 18.7. The third-order valence-corrected chi connectivity index (χ3v) is 6.67. The minimum atomic E-state index is -3.03. The summed E-state index contributed by atoms with van der Waals surface area (Å²) in [6.07, 6.45) is 0.452. The van der Waals surface area contributed by atoms with Crippen LogP contribution in [0.3, 0.4) is 0 Å². The van der Waals surface area contributed by atoms with Crippen molar-refractivity contribution in [3.63, 3.8) is 0 Å². The first-order valence-corrected chi connectivity index (χ1v) is 10.7. The maximum atomic E-state index is 12.2. The number of carbonyl (C=O) groups excluding carboxylic acids is 1. The van der Waals surface area contributed by atoms with Crippen molar-refractivity contribution in [3.8, 4) is 17.2 Å². The van der Waals surface area contributed by atoms with Crippen LogP contribution in [0.15, 0.2) is 33.9 Å². The van der Waals surface area contributed by atoms with Crippen molar-refractivity contribution in [1.82, 2.24) is 15.5 Å². The average Bonchev–Trinajstić information content (AvgIpc) is 3.21. The van der Waals surface area contributed by atoms with Gasteiger partial charge in [-0.3, -0.25) is 4.79 Å². The SMILES string of the molecule is COc1ccc(-c2nnc(S[C@H](C)C(=O)N[C@@H]3CCS(=O)(=O)C3)o2)cc1. The van der Waals surface area contributed by atoms with Crippen LogP contribution in [0.25, 0.3) is 11.5 Å². The van der Waals surface area contributed by atoms with Crippen LogP contribution in [0.1, 0.15) is 13.3 Å². The predicted molar refractivity (Wildman–Crippen MR) is 96.8 cm³/mol. The molecule has 26 heavy (non-hydrogen) atoms. The standard InChI is InChI=1S/C16H19N3O5S2/c1-10(14(20)17-12-7-8-26(21,22)9-12)25-16-19-18-15(24-16)11-3-5-13(23-2)6-4-11/h3-6,10,12H,7-9H2,1-2H3,(H,17,20)/t10-,12-/m1/s1. The fraction of sp³-hybridized carbons (Fsp3) is 0.438. The number of methoxy groups -OCH3 is 1. The lowest BCUT2D eigenvalue weighted by Gasteiger charge is -2.14. The summed E-state index contributed by atoms with van der Waals surface area (Å²) in [4.78, 5) is 12.2. The van der Waals surface area contributed by atoms with Gasteiger partial charge in [0.2, 0.25) is 11.8 Å². The molecular formula is C16H19N3O5S2. The fourth-order valence-electron chi connectivity index (χ4n) is 2.54. The molecule has 2 aromatic rings. The first-order chi connectivity index (χ1) is 12.4. The molecule has 1 fully saturated rings. The van der Waals surface area contributed by atoms with E-state index >= 15 is 0 Å². The molecule has 0 bridgehead atoms. The molecule has 3 rings (SSSR count). The Morgan fingerprint density at radius 1 is 1.35 bits per heavy atom. The fourth-order valence-corrected chi connectivity index (χ4v) is 4.91. The number of aromatic nitrogens is 2. The van der Waals surface area contributed by atoms with Gasteiger partial charge in [-0.05, 0) is 37.6 Å². The van der Waals surface area contributed by atoms with Gasteiger partial charge in [0.1, 0.15) is 5.75 Å². The van der Waals surface area contributed by atoms with E-state index in [0.29, 0.717) is 12.3 Å². The van der Waals surface area contributed by atoms with Crippen molar-refractivity contribution in [2.45, 2.75) is 29.9 Å². The molecule has 1 aromatic heterocycles. The van der Waals surface area contributed by atoms with Crippen LogP contribution in [-0.2, 0) is 14.6 Å². The minimum absolute atomic E-state index is 0.00168.